The lowest BCUT2D eigenvalue weighted by atomic mass is 10.1. The number of phenols is 2. The summed E-state index contributed by atoms with van der Waals surface area (Å²) in [6, 6.07) is 3.04. The van der Waals surface area contributed by atoms with Crippen molar-refractivity contribution in [1.29, 1.82) is 0 Å². The first-order valence-electron chi connectivity index (χ1n) is 4.00. The van der Waals surface area contributed by atoms with Crippen molar-refractivity contribution in [2.24, 2.45) is 0 Å². The first-order valence-corrected chi connectivity index (χ1v) is 4.00. The fraction of sp³-hybridized carbons (Fsp3) is 0.200. The Labute approximate surface area is 70.1 Å². The Balaban J connectivity index is 2.92. The molecule has 0 aliphatic heterocycles. The molecule has 2 rings (SSSR count). The lowest BCUT2D eigenvalue weighted by Crippen LogP contribution is -2.26. The fourth-order valence-corrected chi connectivity index (χ4v) is 1.50. The van der Waals surface area contributed by atoms with Gasteiger partial charge in [0.25, 0.3) is 0 Å². The van der Waals surface area contributed by atoms with Gasteiger partial charge in [-0.1, -0.05) is 12.2 Å². The minimum absolute atomic E-state index is 0.249. The molecule has 1 aromatic rings. The van der Waals surface area contributed by atoms with E-state index in [0.29, 0.717) is 0 Å². The highest BCUT2D eigenvalue weighted by atomic mass is 16.3. The van der Waals surface area contributed by atoms with Gasteiger partial charge in [0.2, 0.25) is 0 Å². The molecule has 2 nitrogen and oxygen atoms in total. The van der Waals surface area contributed by atoms with Gasteiger partial charge in [-0.25, -0.2) is 0 Å². The molecule has 2 heteroatoms. The van der Waals surface area contributed by atoms with Crippen molar-refractivity contribution < 1.29 is 10.2 Å². The Bertz CT molecular complexity index is 377. The molecule has 0 saturated heterocycles. The van der Waals surface area contributed by atoms with Crippen molar-refractivity contribution in [3.8, 4) is 11.5 Å². The molecule has 2 N–H and O–H groups in total. The lowest BCUT2D eigenvalue weighted by Gasteiger charge is -2.03. The highest BCUT2D eigenvalue weighted by molar-refractivity contribution is 5.47. The topological polar surface area (TPSA) is 40.5 Å². The van der Waals surface area contributed by atoms with Gasteiger partial charge in [0.1, 0.15) is 11.5 Å². The van der Waals surface area contributed by atoms with Gasteiger partial charge in [-0.2, -0.15) is 0 Å². The van der Waals surface area contributed by atoms with Crippen LogP contribution in [0.4, 0.5) is 0 Å². The predicted molar refractivity (Wildman–Crippen MR) is 47.2 cm³/mol. The number of hydrogen-bond acceptors (Lipinski definition) is 2. The molecule has 0 heterocycles. The van der Waals surface area contributed by atoms with Crippen LogP contribution >= 0.6 is 0 Å². The molecule has 12 heavy (non-hydrogen) atoms. The number of benzene rings is 1. The average molecular weight is 162 g/mol. The van der Waals surface area contributed by atoms with E-state index in [0.717, 1.165) is 23.3 Å². The summed E-state index contributed by atoms with van der Waals surface area (Å²) in [4.78, 5) is 0. The van der Waals surface area contributed by atoms with Crippen LogP contribution in [-0.4, -0.2) is 10.2 Å². The third-order valence-corrected chi connectivity index (χ3v) is 2.10. The summed E-state index contributed by atoms with van der Waals surface area (Å²) in [5.41, 5.74) is 0. The maximum absolute atomic E-state index is 9.42. The summed E-state index contributed by atoms with van der Waals surface area (Å²) >= 11 is 0. The van der Waals surface area contributed by atoms with Gasteiger partial charge < -0.3 is 10.2 Å². The smallest absolute Gasteiger partial charge is 0.123 e. The fourth-order valence-electron chi connectivity index (χ4n) is 1.50. The van der Waals surface area contributed by atoms with Gasteiger partial charge >= 0.3 is 0 Å². The van der Waals surface area contributed by atoms with Crippen LogP contribution in [0.15, 0.2) is 12.1 Å². The molecule has 0 spiro atoms. The first-order chi connectivity index (χ1) is 5.79. The molecule has 0 saturated carbocycles. The highest BCUT2D eigenvalue weighted by Gasteiger charge is 2.01. The van der Waals surface area contributed by atoms with E-state index < -0.39 is 0 Å². The molecule has 0 radical (unpaired) electrons. The number of aromatic hydroxyl groups is 2. The van der Waals surface area contributed by atoms with E-state index >= 15 is 0 Å². The van der Waals surface area contributed by atoms with Crippen LogP contribution in [0.3, 0.4) is 0 Å². The first kappa shape index (κ1) is 7.22. The van der Waals surface area contributed by atoms with Gasteiger partial charge in [-0.15, -0.1) is 0 Å². The third kappa shape index (κ3) is 0.961. The zero-order chi connectivity index (χ0) is 8.55. The number of hydrogen-bond donors (Lipinski definition) is 2. The quantitative estimate of drug-likeness (QED) is 0.544. The summed E-state index contributed by atoms with van der Waals surface area (Å²) in [5, 5.41) is 20.4. The summed E-state index contributed by atoms with van der Waals surface area (Å²) in [7, 11) is 0. The van der Waals surface area contributed by atoms with Crippen LogP contribution in [0.2, 0.25) is 0 Å². The van der Waals surface area contributed by atoms with Gasteiger partial charge in [0.15, 0.2) is 0 Å². The van der Waals surface area contributed by atoms with Crippen LogP contribution in [-0.2, 0) is 0 Å². The van der Waals surface area contributed by atoms with E-state index in [1.807, 2.05) is 12.2 Å². The second-order valence-electron chi connectivity index (χ2n) is 2.92. The molecule has 1 aliphatic rings. The Morgan fingerprint density at radius 3 is 1.67 bits per heavy atom. The van der Waals surface area contributed by atoms with Crippen LogP contribution in [0.25, 0.3) is 12.2 Å². The maximum Gasteiger partial charge on any atom is 0.123 e. The highest BCUT2D eigenvalue weighted by Crippen LogP contribution is 2.07. The summed E-state index contributed by atoms with van der Waals surface area (Å²) in [5.74, 6) is 0.498. The predicted octanol–water partition coefficient (Wildman–Crippen LogP) is 0.453. The van der Waals surface area contributed by atoms with Gasteiger partial charge in [0.05, 0.1) is 0 Å². The average Bonchev–Trinajstić information content (AvgIpc) is 2.12. The van der Waals surface area contributed by atoms with Crippen molar-refractivity contribution in [1.82, 2.24) is 0 Å². The molecule has 1 aromatic carbocycles. The van der Waals surface area contributed by atoms with E-state index in [-0.39, 0.29) is 11.5 Å². The van der Waals surface area contributed by atoms with Crippen molar-refractivity contribution in [3.63, 3.8) is 0 Å². The van der Waals surface area contributed by atoms with Gasteiger partial charge in [0, 0.05) is 10.4 Å². The Hall–Kier alpha value is -1.44. The summed E-state index contributed by atoms with van der Waals surface area (Å²) in [6.07, 6.45) is 5.77. The largest absolute Gasteiger partial charge is 0.507 e. The minimum Gasteiger partial charge on any atom is -0.507 e. The zero-order valence-electron chi connectivity index (χ0n) is 6.62. The second-order valence-corrected chi connectivity index (χ2v) is 2.92. The van der Waals surface area contributed by atoms with Crippen LogP contribution in [0, 0.1) is 0 Å². The standard InChI is InChI=1S/C10H10O2/c11-9-5-6-10(12)8-4-2-1-3-7(8)9/h3-6,11-12H,1-2H2. The molecule has 0 fully saturated rings. The zero-order valence-corrected chi connectivity index (χ0v) is 6.62. The van der Waals surface area contributed by atoms with Crippen molar-refractivity contribution in [2.45, 2.75) is 12.8 Å². The number of rotatable bonds is 0. The normalized spacial score (nSPS) is 14.3. The van der Waals surface area contributed by atoms with E-state index in [9.17, 15) is 10.2 Å². The van der Waals surface area contributed by atoms with E-state index in [1.54, 1.807) is 0 Å². The number of fused-ring (bicyclic) bond motifs is 1. The van der Waals surface area contributed by atoms with Gasteiger partial charge in [-0.05, 0) is 25.0 Å². The molecule has 1 aliphatic carbocycles. The van der Waals surface area contributed by atoms with Crippen molar-refractivity contribution in [3.05, 3.63) is 22.6 Å². The van der Waals surface area contributed by atoms with E-state index in [4.69, 9.17) is 0 Å². The third-order valence-electron chi connectivity index (χ3n) is 2.10. The Morgan fingerprint density at radius 1 is 0.833 bits per heavy atom. The molecule has 62 valence electrons. The van der Waals surface area contributed by atoms with E-state index in [1.165, 1.54) is 12.1 Å². The molecule has 0 unspecified atom stereocenters. The summed E-state index contributed by atoms with van der Waals surface area (Å²) in [6.45, 7) is 0. The maximum atomic E-state index is 9.42. The van der Waals surface area contributed by atoms with Crippen LogP contribution in [0.5, 0.6) is 11.5 Å². The molecule has 0 atom stereocenters. The van der Waals surface area contributed by atoms with Gasteiger partial charge in [-0.3, -0.25) is 0 Å². The second kappa shape index (κ2) is 2.55. The number of phenolic OH excluding ortho intramolecular Hbond substituents is 2. The van der Waals surface area contributed by atoms with Crippen molar-refractivity contribution in [2.75, 3.05) is 0 Å². The summed E-state index contributed by atoms with van der Waals surface area (Å²) < 4.78 is 0. The molecule has 0 bridgehead atoms. The van der Waals surface area contributed by atoms with E-state index in [2.05, 4.69) is 0 Å². The molecular formula is C10H10O2. The van der Waals surface area contributed by atoms with Crippen molar-refractivity contribution >= 4 is 12.2 Å². The molecule has 0 amide bonds. The van der Waals surface area contributed by atoms with Crippen LogP contribution in [0.1, 0.15) is 12.8 Å². The lowest BCUT2D eigenvalue weighted by molar-refractivity contribution is 0.452. The van der Waals surface area contributed by atoms with Crippen LogP contribution < -0.4 is 10.4 Å². The molecular weight excluding hydrogens is 152 g/mol. The Morgan fingerprint density at radius 2 is 1.25 bits per heavy atom. The molecule has 0 aromatic heterocycles. The minimum atomic E-state index is 0.249. The SMILES string of the molecule is Oc1ccc(O)c2c1=CCCC=2. The Kier molecular flexibility index (Phi) is 1.54. The monoisotopic (exact) mass is 162 g/mol.